The number of rotatable bonds is 6. The van der Waals surface area contributed by atoms with Crippen LogP contribution in [0.1, 0.15) is 24.5 Å². The minimum atomic E-state index is -0.0319. The lowest BCUT2D eigenvalue weighted by molar-refractivity contribution is -0.122. The fourth-order valence-corrected chi connectivity index (χ4v) is 3.84. The number of methoxy groups -OCH3 is 2. The second kappa shape index (κ2) is 8.97. The van der Waals surface area contributed by atoms with Crippen LogP contribution in [-0.2, 0) is 4.79 Å². The molecule has 0 aliphatic carbocycles. The number of carbonyl (C=O) groups is 1. The van der Waals surface area contributed by atoms with Crippen LogP contribution in [-0.4, -0.2) is 36.7 Å². The zero-order valence-corrected chi connectivity index (χ0v) is 17.4. The van der Waals surface area contributed by atoms with Gasteiger partial charge in [0.15, 0.2) is 5.17 Å². The lowest BCUT2D eigenvalue weighted by Crippen LogP contribution is -2.29. The van der Waals surface area contributed by atoms with E-state index in [1.165, 1.54) is 17.3 Å². The fraction of sp³-hybridized carbons (Fsp3) is 0.273. The number of amides is 1. The molecule has 28 heavy (non-hydrogen) atoms. The first-order valence-electron chi connectivity index (χ1n) is 9.14. The Morgan fingerprint density at radius 3 is 2.50 bits per heavy atom. The van der Waals surface area contributed by atoms with Gasteiger partial charge in [-0.05, 0) is 55.4 Å². The van der Waals surface area contributed by atoms with Crippen LogP contribution >= 0.6 is 11.8 Å². The highest BCUT2D eigenvalue weighted by atomic mass is 32.2. The van der Waals surface area contributed by atoms with Crippen molar-refractivity contribution in [2.75, 3.05) is 20.8 Å². The van der Waals surface area contributed by atoms with Crippen LogP contribution in [0.5, 0.6) is 11.5 Å². The number of carbonyl (C=O) groups excluding carboxylic acids is 1. The summed E-state index contributed by atoms with van der Waals surface area (Å²) in [5.74, 6) is 1.33. The monoisotopic (exact) mass is 396 g/mol. The molecule has 0 saturated carbocycles. The Morgan fingerprint density at radius 2 is 1.86 bits per heavy atom. The van der Waals surface area contributed by atoms with E-state index >= 15 is 0 Å². The van der Waals surface area contributed by atoms with Gasteiger partial charge in [0.1, 0.15) is 11.5 Å². The van der Waals surface area contributed by atoms with Crippen molar-refractivity contribution in [2.24, 2.45) is 4.99 Å². The molecule has 1 amide bonds. The van der Waals surface area contributed by atoms with Gasteiger partial charge in [-0.25, -0.2) is 4.99 Å². The summed E-state index contributed by atoms with van der Waals surface area (Å²) in [7, 11) is 3.22. The number of aliphatic imine (C=N–C) groups is 1. The first-order chi connectivity index (χ1) is 13.5. The van der Waals surface area contributed by atoms with Crippen LogP contribution in [0.15, 0.2) is 52.4 Å². The second-order valence-electron chi connectivity index (χ2n) is 6.41. The van der Waals surface area contributed by atoms with Gasteiger partial charge >= 0.3 is 0 Å². The molecule has 0 N–H and O–H groups in total. The van der Waals surface area contributed by atoms with Crippen molar-refractivity contribution >= 4 is 34.6 Å². The lowest BCUT2D eigenvalue weighted by atomic mass is 10.1. The predicted octanol–water partition coefficient (Wildman–Crippen LogP) is 5.03. The van der Waals surface area contributed by atoms with E-state index in [2.05, 4.69) is 6.92 Å². The van der Waals surface area contributed by atoms with E-state index < -0.39 is 0 Å². The van der Waals surface area contributed by atoms with Gasteiger partial charge in [0.2, 0.25) is 0 Å². The smallest absolute Gasteiger partial charge is 0.266 e. The third-order valence-electron chi connectivity index (χ3n) is 4.32. The minimum absolute atomic E-state index is 0.0319. The SMILES string of the molecule is CCCN1C(=O)/C(=C\c2ccc(OC)cc2OC)SC1=Nc1ccc(C)cc1. The Morgan fingerprint density at radius 1 is 1.11 bits per heavy atom. The molecular formula is C22H24N2O3S. The molecule has 1 aliphatic rings. The van der Waals surface area contributed by atoms with Crippen LogP contribution in [0.2, 0.25) is 0 Å². The van der Waals surface area contributed by atoms with E-state index in [1.54, 1.807) is 19.1 Å². The van der Waals surface area contributed by atoms with Crippen LogP contribution in [0.3, 0.4) is 0 Å². The van der Waals surface area contributed by atoms with Gasteiger partial charge in [0.25, 0.3) is 5.91 Å². The van der Waals surface area contributed by atoms with Crippen molar-refractivity contribution in [3.63, 3.8) is 0 Å². The van der Waals surface area contributed by atoms with E-state index in [-0.39, 0.29) is 5.91 Å². The number of nitrogens with zero attached hydrogens (tertiary/aromatic N) is 2. The van der Waals surface area contributed by atoms with Crippen molar-refractivity contribution in [3.05, 3.63) is 58.5 Å². The number of benzene rings is 2. The Bertz CT molecular complexity index is 920. The van der Waals surface area contributed by atoms with Crippen molar-refractivity contribution in [1.82, 2.24) is 4.90 Å². The van der Waals surface area contributed by atoms with Gasteiger partial charge < -0.3 is 9.47 Å². The summed E-state index contributed by atoms with van der Waals surface area (Å²) in [4.78, 5) is 20.0. The molecule has 0 aromatic heterocycles. The van der Waals surface area contributed by atoms with Gasteiger partial charge in [-0.15, -0.1) is 0 Å². The molecule has 0 bridgehead atoms. The number of aryl methyl sites for hydroxylation is 1. The van der Waals surface area contributed by atoms with Gasteiger partial charge in [-0.1, -0.05) is 24.6 Å². The van der Waals surface area contributed by atoms with Crippen molar-refractivity contribution in [1.29, 1.82) is 0 Å². The third-order valence-corrected chi connectivity index (χ3v) is 5.33. The molecule has 2 aromatic carbocycles. The summed E-state index contributed by atoms with van der Waals surface area (Å²) in [6.45, 7) is 4.72. The van der Waals surface area contributed by atoms with Crippen molar-refractivity contribution < 1.29 is 14.3 Å². The van der Waals surface area contributed by atoms with E-state index in [0.29, 0.717) is 28.1 Å². The molecule has 0 unspecified atom stereocenters. The molecule has 2 aromatic rings. The summed E-state index contributed by atoms with van der Waals surface area (Å²) in [6.07, 6.45) is 2.71. The Balaban J connectivity index is 1.96. The van der Waals surface area contributed by atoms with E-state index in [9.17, 15) is 4.79 Å². The Hall–Kier alpha value is -2.73. The average Bonchev–Trinajstić information content (AvgIpc) is 2.99. The molecule has 146 valence electrons. The number of amidine groups is 1. The molecule has 1 heterocycles. The maximum absolute atomic E-state index is 13.0. The molecule has 1 saturated heterocycles. The van der Waals surface area contributed by atoms with Crippen LogP contribution in [0.4, 0.5) is 5.69 Å². The highest BCUT2D eigenvalue weighted by Gasteiger charge is 2.33. The molecule has 0 spiro atoms. The largest absolute Gasteiger partial charge is 0.497 e. The quantitative estimate of drug-likeness (QED) is 0.643. The minimum Gasteiger partial charge on any atom is -0.497 e. The Kier molecular flexibility index (Phi) is 6.41. The summed E-state index contributed by atoms with van der Waals surface area (Å²) in [6, 6.07) is 13.5. The van der Waals surface area contributed by atoms with E-state index in [1.807, 2.05) is 55.5 Å². The third kappa shape index (κ3) is 4.39. The highest BCUT2D eigenvalue weighted by molar-refractivity contribution is 8.18. The summed E-state index contributed by atoms with van der Waals surface area (Å²) in [5.41, 5.74) is 2.84. The highest BCUT2D eigenvalue weighted by Crippen LogP contribution is 2.36. The van der Waals surface area contributed by atoms with Crippen LogP contribution < -0.4 is 9.47 Å². The lowest BCUT2D eigenvalue weighted by Gasteiger charge is -2.14. The van der Waals surface area contributed by atoms with E-state index in [4.69, 9.17) is 14.5 Å². The molecule has 5 nitrogen and oxygen atoms in total. The van der Waals surface area contributed by atoms with E-state index in [0.717, 1.165) is 17.7 Å². The maximum atomic E-state index is 13.0. The normalized spacial score (nSPS) is 16.9. The van der Waals surface area contributed by atoms with Crippen molar-refractivity contribution in [2.45, 2.75) is 20.3 Å². The zero-order valence-electron chi connectivity index (χ0n) is 16.6. The van der Waals surface area contributed by atoms with Gasteiger partial charge in [0, 0.05) is 18.2 Å². The Labute approximate surface area is 170 Å². The molecule has 0 radical (unpaired) electrons. The fourth-order valence-electron chi connectivity index (χ4n) is 2.82. The number of ether oxygens (including phenoxy) is 2. The first kappa shape index (κ1) is 20.0. The average molecular weight is 397 g/mol. The van der Waals surface area contributed by atoms with Gasteiger partial charge in [0.05, 0.1) is 24.8 Å². The number of hydrogen-bond acceptors (Lipinski definition) is 5. The second-order valence-corrected chi connectivity index (χ2v) is 7.41. The number of hydrogen-bond donors (Lipinski definition) is 0. The number of thioether (sulfide) groups is 1. The molecule has 1 aliphatic heterocycles. The maximum Gasteiger partial charge on any atom is 0.266 e. The molecule has 6 heteroatoms. The van der Waals surface area contributed by atoms with Gasteiger partial charge in [-0.2, -0.15) is 0 Å². The topological polar surface area (TPSA) is 51.1 Å². The first-order valence-corrected chi connectivity index (χ1v) is 9.96. The summed E-state index contributed by atoms with van der Waals surface area (Å²) >= 11 is 1.39. The predicted molar refractivity (Wildman–Crippen MR) is 115 cm³/mol. The summed E-state index contributed by atoms with van der Waals surface area (Å²) < 4.78 is 10.7. The van der Waals surface area contributed by atoms with Crippen LogP contribution in [0.25, 0.3) is 6.08 Å². The van der Waals surface area contributed by atoms with Crippen molar-refractivity contribution in [3.8, 4) is 11.5 Å². The summed E-state index contributed by atoms with van der Waals surface area (Å²) in [5, 5.41) is 0.703. The molecular weight excluding hydrogens is 372 g/mol. The van der Waals surface area contributed by atoms with Crippen LogP contribution in [0, 0.1) is 6.92 Å². The molecule has 0 atom stereocenters. The molecule has 3 rings (SSSR count). The van der Waals surface area contributed by atoms with Gasteiger partial charge in [-0.3, -0.25) is 9.69 Å². The molecule has 1 fully saturated rings. The zero-order chi connectivity index (χ0) is 20.1. The standard InChI is InChI=1S/C22H24N2O3S/c1-5-12-24-21(25)20(13-16-8-11-18(26-3)14-19(16)27-4)28-22(24)23-17-9-6-15(2)7-10-17/h6-11,13-14H,5,12H2,1-4H3/b20-13+,23-22?.